The second kappa shape index (κ2) is 10.7. The van der Waals surface area contributed by atoms with Crippen LogP contribution in [0.5, 0.6) is 0 Å². The molecule has 1 aliphatic rings. The van der Waals surface area contributed by atoms with E-state index in [0.29, 0.717) is 5.41 Å². The Morgan fingerprint density at radius 2 is 2.05 bits per heavy atom. The summed E-state index contributed by atoms with van der Waals surface area (Å²) in [7, 11) is 3.98. The predicted octanol–water partition coefficient (Wildman–Crippen LogP) is 3.12. The molecular formula is C15H32IN3O. The summed E-state index contributed by atoms with van der Waals surface area (Å²) in [5.41, 5.74) is 0.469. The Balaban J connectivity index is 0.00000361. The van der Waals surface area contributed by atoms with E-state index >= 15 is 0 Å². The van der Waals surface area contributed by atoms with Crippen molar-refractivity contribution in [3.63, 3.8) is 0 Å². The number of nitrogens with zero attached hydrogens (tertiary/aromatic N) is 2. The molecule has 5 heteroatoms. The molecule has 0 unspecified atom stereocenters. The first-order valence-corrected chi connectivity index (χ1v) is 7.67. The highest BCUT2D eigenvalue weighted by atomic mass is 127. The van der Waals surface area contributed by atoms with Gasteiger partial charge < -0.3 is 15.0 Å². The van der Waals surface area contributed by atoms with Gasteiger partial charge in [0.2, 0.25) is 0 Å². The van der Waals surface area contributed by atoms with Crippen LogP contribution in [0.25, 0.3) is 0 Å². The van der Waals surface area contributed by atoms with Crippen molar-refractivity contribution in [1.82, 2.24) is 10.2 Å². The van der Waals surface area contributed by atoms with Gasteiger partial charge in [0, 0.05) is 40.4 Å². The Morgan fingerprint density at radius 3 is 2.55 bits per heavy atom. The maximum atomic E-state index is 5.47. The van der Waals surface area contributed by atoms with E-state index in [4.69, 9.17) is 4.74 Å². The highest BCUT2D eigenvalue weighted by molar-refractivity contribution is 14.0. The molecule has 0 radical (unpaired) electrons. The van der Waals surface area contributed by atoms with E-state index < -0.39 is 0 Å². The summed E-state index contributed by atoms with van der Waals surface area (Å²) in [6, 6.07) is 0. The van der Waals surface area contributed by atoms with Gasteiger partial charge in [0.15, 0.2) is 5.96 Å². The smallest absolute Gasteiger partial charge is 0.193 e. The molecule has 120 valence electrons. The third-order valence-electron chi connectivity index (χ3n) is 3.98. The summed E-state index contributed by atoms with van der Waals surface area (Å²) in [5.74, 6) is 1.02. The van der Waals surface area contributed by atoms with E-state index in [1.54, 1.807) is 0 Å². The van der Waals surface area contributed by atoms with Crippen molar-refractivity contribution in [2.45, 2.75) is 46.0 Å². The highest BCUT2D eigenvalue weighted by Crippen LogP contribution is 2.48. The lowest BCUT2D eigenvalue weighted by Crippen LogP contribution is -2.42. The summed E-state index contributed by atoms with van der Waals surface area (Å²) in [4.78, 5) is 6.59. The van der Waals surface area contributed by atoms with Gasteiger partial charge in [0.05, 0.1) is 0 Å². The minimum absolute atomic E-state index is 0. The molecule has 20 heavy (non-hydrogen) atoms. The van der Waals surface area contributed by atoms with Crippen LogP contribution in [-0.2, 0) is 4.74 Å². The average Bonchev–Trinajstić information content (AvgIpc) is 3.18. The topological polar surface area (TPSA) is 36.9 Å². The van der Waals surface area contributed by atoms with Crippen molar-refractivity contribution in [3.8, 4) is 0 Å². The fraction of sp³-hybridized carbons (Fsp3) is 0.933. The molecule has 0 aliphatic heterocycles. The number of hydrogen-bond donors (Lipinski definition) is 1. The number of hydrogen-bond acceptors (Lipinski definition) is 2. The van der Waals surface area contributed by atoms with Gasteiger partial charge in [-0.15, -0.1) is 24.0 Å². The summed E-state index contributed by atoms with van der Waals surface area (Å²) < 4.78 is 5.47. The van der Waals surface area contributed by atoms with Gasteiger partial charge >= 0.3 is 0 Å². The van der Waals surface area contributed by atoms with E-state index in [2.05, 4.69) is 36.1 Å². The molecule has 0 atom stereocenters. The van der Waals surface area contributed by atoms with Crippen LogP contribution < -0.4 is 5.32 Å². The van der Waals surface area contributed by atoms with Gasteiger partial charge in [-0.1, -0.05) is 13.3 Å². The maximum Gasteiger partial charge on any atom is 0.193 e. The Bertz CT molecular complexity index is 280. The summed E-state index contributed by atoms with van der Waals surface area (Å²) in [6.07, 6.45) is 6.25. The monoisotopic (exact) mass is 397 g/mol. The van der Waals surface area contributed by atoms with Crippen LogP contribution in [0.2, 0.25) is 0 Å². The molecule has 0 bridgehead atoms. The van der Waals surface area contributed by atoms with Gasteiger partial charge in [-0.2, -0.15) is 0 Å². The number of aliphatic imine (C=N–C) groups is 1. The van der Waals surface area contributed by atoms with E-state index in [9.17, 15) is 0 Å². The first-order valence-electron chi connectivity index (χ1n) is 7.67. The molecule has 1 fully saturated rings. The minimum Gasteiger partial charge on any atom is -0.382 e. The van der Waals surface area contributed by atoms with Crippen molar-refractivity contribution in [3.05, 3.63) is 0 Å². The average molecular weight is 397 g/mol. The van der Waals surface area contributed by atoms with Crippen molar-refractivity contribution < 1.29 is 4.74 Å². The molecule has 0 heterocycles. The number of unbranched alkanes of at least 4 members (excludes halogenated alkanes) is 1. The molecule has 1 N–H and O–H groups in total. The van der Waals surface area contributed by atoms with Crippen LogP contribution in [0.1, 0.15) is 46.0 Å². The Labute approximate surface area is 141 Å². The Kier molecular flexibility index (Phi) is 10.6. The van der Waals surface area contributed by atoms with Crippen LogP contribution in [0.4, 0.5) is 0 Å². The zero-order valence-electron chi connectivity index (χ0n) is 13.6. The van der Waals surface area contributed by atoms with Gasteiger partial charge in [0.25, 0.3) is 0 Å². The van der Waals surface area contributed by atoms with Crippen LogP contribution >= 0.6 is 24.0 Å². The van der Waals surface area contributed by atoms with Gasteiger partial charge in [-0.3, -0.25) is 4.99 Å². The third kappa shape index (κ3) is 7.11. The van der Waals surface area contributed by atoms with Crippen LogP contribution in [-0.4, -0.2) is 51.3 Å². The normalized spacial score (nSPS) is 16.5. The standard InChI is InChI=1S/C15H31N3O.HI/c1-5-7-11-18(4)14(16-3)17-13-15(8-9-15)10-12-19-6-2;/h5-13H2,1-4H3,(H,16,17);1H. The van der Waals surface area contributed by atoms with Crippen LogP contribution in [0.15, 0.2) is 4.99 Å². The molecule has 4 nitrogen and oxygen atoms in total. The summed E-state index contributed by atoms with van der Waals surface area (Å²) in [5, 5.41) is 3.53. The highest BCUT2D eigenvalue weighted by Gasteiger charge is 2.42. The van der Waals surface area contributed by atoms with E-state index in [1.165, 1.54) is 32.1 Å². The van der Waals surface area contributed by atoms with Crippen molar-refractivity contribution in [1.29, 1.82) is 0 Å². The second-order valence-corrected chi connectivity index (χ2v) is 5.62. The lowest BCUT2D eigenvalue weighted by atomic mass is 10.0. The number of nitrogens with one attached hydrogen (secondary N) is 1. The SMILES string of the molecule is CCCCN(C)C(=NC)NCC1(CCOCC)CC1.I. The molecule has 0 aromatic heterocycles. The van der Waals surface area contributed by atoms with Crippen molar-refractivity contribution in [2.75, 3.05) is 40.4 Å². The fourth-order valence-corrected chi connectivity index (χ4v) is 2.28. The van der Waals surface area contributed by atoms with Gasteiger partial charge in [-0.05, 0) is 38.0 Å². The van der Waals surface area contributed by atoms with E-state index in [-0.39, 0.29) is 24.0 Å². The first kappa shape index (κ1) is 20.0. The molecule has 0 amide bonds. The van der Waals surface area contributed by atoms with Crippen molar-refractivity contribution in [2.24, 2.45) is 10.4 Å². The molecular weight excluding hydrogens is 365 g/mol. The third-order valence-corrected chi connectivity index (χ3v) is 3.98. The molecule has 1 saturated carbocycles. The zero-order chi connectivity index (χ0) is 14.1. The van der Waals surface area contributed by atoms with E-state index in [0.717, 1.165) is 32.3 Å². The zero-order valence-corrected chi connectivity index (χ0v) is 15.9. The lowest BCUT2D eigenvalue weighted by Gasteiger charge is -2.24. The van der Waals surface area contributed by atoms with Crippen molar-refractivity contribution >= 4 is 29.9 Å². The fourth-order valence-electron chi connectivity index (χ4n) is 2.28. The van der Waals surface area contributed by atoms with Gasteiger partial charge in [-0.25, -0.2) is 0 Å². The van der Waals surface area contributed by atoms with Crippen LogP contribution in [0.3, 0.4) is 0 Å². The number of rotatable bonds is 9. The largest absolute Gasteiger partial charge is 0.382 e. The molecule has 0 aromatic rings. The van der Waals surface area contributed by atoms with Crippen LogP contribution in [0, 0.1) is 5.41 Å². The quantitative estimate of drug-likeness (QED) is 0.281. The summed E-state index contributed by atoms with van der Waals surface area (Å²) >= 11 is 0. The maximum absolute atomic E-state index is 5.47. The van der Waals surface area contributed by atoms with Gasteiger partial charge in [0.1, 0.15) is 0 Å². The predicted molar refractivity (Wildman–Crippen MR) is 97.1 cm³/mol. The summed E-state index contributed by atoms with van der Waals surface area (Å²) in [6.45, 7) is 8.10. The Morgan fingerprint density at radius 1 is 1.35 bits per heavy atom. The second-order valence-electron chi connectivity index (χ2n) is 5.62. The first-order chi connectivity index (χ1) is 9.17. The molecule has 0 saturated heterocycles. The lowest BCUT2D eigenvalue weighted by molar-refractivity contribution is 0.128. The molecule has 0 spiro atoms. The number of ether oxygens (including phenoxy) is 1. The minimum atomic E-state index is 0. The number of guanidine groups is 1. The number of halogens is 1. The molecule has 1 rings (SSSR count). The van der Waals surface area contributed by atoms with E-state index in [1.807, 2.05) is 7.05 Å². The Hall–Kier alpha value is -0.0400. The molecule has 1 aliphatic carbocycles. The molecule has 0 aromatic carbocycles.